The summed E-state index contributed by atoms with van der Waals surface area (Å²) in [6.07, 6.45) is 3.19. The molecule has 0 aliphatic carbocycles. The number of imide groups is 1. The van der Waals surface area contributed by atoms with Gasteiger partial charge in [-0.1, -0.05) is 18.2 Å². The number of aromatic nitrogens is 2. The number of nitrogens with zero attached hydrogens (tertiary/aromatic N) is 3. The normalized spacial score (nSPS) is 15.6. The highest BCUT2D eigenvalue weighted by molar-refractivity contribution is 8.18. The molecule has 29 heavy (non-hydrogen) atoms. The van der Waals surface area contributed by atoms with Crippen molar-refractivity contribution >= 4 is 29.0 Å². The number of halogens is 2. The number of likely N-dealkylation sites (N-methyl/N-ethyl adjacent to an activating group) is 1. The number of rotatable bonds is 4. The van der Waals surface area contributed by atoms with Crippen LogP contribution in [-0.4, -0.2) is 32.4 Å². The van der Waals surface area contributed by atoms with E-state index in [4.69, 9.17) is 0 Å². The third-order valence-corrected chi connectivity index (χ3v) is 5.28. The van der Waals surface area contributed by atoms with E-state index in [2.05, 4.69) is 5.10 Å². The second kappa shape index (κ2) is 7.63. The largest absolute Gasteiger partial charge is 0.293 e. The number of carbonyl (C=O) groups is 2. The van der Waals surface area contributed by atoms with Crippen LogP contribution in [0.5, 0.6) is 0 Å². The zero-order valence-corrected chi connectivity index (χ0v) is 16.1. The van der Waals surface area contributed by atoms with E-state index in [0.29, 0.717) is 11.3 Å². The Labute approximate surface area is 169 Å². The molecule has 8 heteroatoms. The molecular formula is C21H15F2N3O2S. The summed E-state index contributed by atoms with van der Waals surface area (Å²) in [6, 6.07) is 12.3. The predicted molar refractivity (Wildman–Crippen MR) is 107 cm³/mol. The van der Waals surface area contributed by atoms with Gasteiger partial charge in [0.05, 0.1) is 10.6 Å². The van der Waals surface area contributed by atoms with E-state index >= 15 is 0 Å². The third-order valence-electron chi connectivity index (χ3n) is 4.38. The summed E-state index contributed by atoms with van der Waals surface area (Å²) < 4.78 is 29.1. The number of para-hydroxylation sites is 1. The van der Waals surface area contributed by atoms with E-state index in [1.807, 2.05) is 30.3 Å². The molecule has 1 aliphatic rings. The highest BCUT2D eigenvalue weighted by Crippen LogP contribution is 2.34. The maximum Gasteiger partial charge on any atom is 0.293 e. The van der Waals surface area contributed by atoms with Gasteiger partial charge in [-0.05, 0) is 49.0 Å². The van der Waals surface area contributed by atoms with Crippen LogP contribution < -0.4 is 0 Å². The molecule has 146 valence electrons. The van der Waals surface area contributed by atoms with Gasteiger partial charge >= 0.3 is 0 Å². The maximum absolute atomic E-state index is 13.8. The molecule has 1 fully saturated rings. The van der Waals surface area contributed by atoms with Gasteiger partial charge in [0.15, 0.2) is 0 Å². The van der Waals surface area contributed by atoms with E-state index in [-0.39, 0.29) is 22.3 Å². The van der Waals surface area contributed by atoms with Gasteiger partial charge in [-0.3, -0.25) is 14.5 Å². The van der Waals surface area contributed by atoms with Crippen LogP contribution in [0.1, 0.15) is 12.5 Å². The summed E-state index contributed by atoms with van der Waals surface area (Å²) in [4.78, 5) is 25.8. The second-order valence-corrected chi connectivity index (χ2v) is 7.29. The number of benzene rings is 2. The van der Waals surface area contributed by atoms with Gasteiger partial charge < -0.3 is 0 Å². The van der Waals surface area contributed by atoms with E-state index in [1.165, 1.54) is 18.2 Å². The van der Waals surface area contributed by atoms with Crippen molar-refractivity contribution in [3.63, 3.8) is 0 Å². The number of carbonyl (C=O) groups excluding carboxylic acids is 2. The molecule has 2 heterocycles. The first-order valence-corrected chi connectivity index (χ1v) is 9.65. The van der Waals surface area contributed by atoms with Crippen LogP contribution in [0.25, 0.3) is 23.0 Å². The first-order valence-electron chi connectivity index (χ1n) is 8.83. The van der Waals surface area contributed by atoms with Crippen molar-refractivity contribution in [3.8, 4) is 16.9 Å². The molecule has 1 aliphatic heterocycles. The second-order valence-electron chi connectivity index (χ2n) is 6.30. The lowest BCUT2D eigenvalue weighted by Gasteiger charge is -2.07. The molecule has 3 aromatic rings. The van der Waals surface area contributed by atoms with Crippen molar-refractivity contribution < 1.29 is 18.4 Å². The Hall–Kier alpha value is -3.26. The zero-order chi connectivity index (χ0) is 20.5. The smallest absolute Gasteiger partial charge is 0.269 e. The van der Waals surface area contributed by atoms with Crippen LogP contribution in [0.4, 0.5) is 13.6 Å². The van der Waals surface area contributed by atoms with Crippen molar-refractivity contribution in [1.82, 2.24) is 14.7 Å². The van der Waals surface area contributed by atoms with Crippen molar-refractivity contribution in [2.24, 2.45) is 0 Å². The van der Waals surface area contributed by atoms with Crippen LogP contribution >= 0.6 is 11.8 Å². The lowest BCUT2D eigenvalue weighted by Crippen LogP contribution is -2.27. The quantitative estimate of drug-likeness (QED) is 0.575. The molecule has 0 unspecified atom stereocenters. The van der Waals surface area contributed by atoms with Crippen LogP contribution in [0, 0.1) is 11.6 Å². The molecule has 1 aromatic heterocycles. The Morgan fingerprint density at radius 1 is 1.07 bits per heavy atom. The highest BCUT2D eigenvalue weighted by Gasteiger charge is 2.34. The van der Waals surface area contributed by atoms with Gasteiger partial charge in [0.2, 0.25) is 0 Å². The van der Waals surface area contributed by atoms with E-state index in [9.17, 15) is 18.4 Å². The van der Waals surface area contributed by atoms with Gasteiger partial charge in [-0.25, -0.2) is 13.5 Å². The molecule has 2 amide bonds. The van der Waals surface area contributed by atoms with E-state index in [0.717, 1.165) is 28.4 Å². The summed E-state index contributed by atoms with van der Waals surface area (Å²) in [6.45, 7) is 1.99. The minimum Gasteiger partial charge on any atom is -0.269 e. The lowest BCUT2D eigenvalue weighted by molar-refractivity contribution is -0.122. The molecule has 1 saturated heterocycles. The minimum absolute atomic E-state index is 0.234. The monoisotopic (exact) mass is 411 g/mol. The Morgan fingerprint density at radius 2 is 1.76 bits per heavy atom. The molecule has 0 spiro atoms. The Morgan fingerprint density at radius 3 is 2.38 bits per heavy atom. The summed E-state index contributed by atoms with van der Waals surface area (Å²) in [5.74, 6) is -1.86. The molecule has 2 aromatic carbocycles. The molecular weight excluding hydrogens is 396 g/mol. The Balaban J connectivity index is 1.86. The number of thioether (sulfide) groups is 1. The fraction of sp³-hybridized carbons (Fsp3) is 0.0952. The number of hydrogen-bond donors (Lipinski definition) is 0. The SMILES string of the molecule is CCN1C(=O)S/C(=C/c2cn(-c3ccccc3)nc2-c2cc(F)cc(F)c2)C1=O. The molecule has 0 radical (unpaired) electrons. The van der Waals surface area contributed by atoms with Crippen LogP contribution in [0.3, 0.4) is 0 Å². The van der Waals surface area contributed by atoms with Gasteiger partial charge in [0.25, 0.3) is 11.1 Å². The Bertz CT molecular complexity index is 1120. The van der Waals surface area contributed by atoms with Gasteiger partial charge in [0, 0.05) is 29.9 Å². The average Bonchev–Trinajstić information content (AvgIpc) is 3.23. The van der Waals surface area contributed by atoms with Crippen molar-refractivity contribution in [1.29, 1.82) is 0 Å². The molecule has 0 saturated carbocycles. The first kappa shape index (κ1) is 19.1. The van der Waals surface area contributed by atoms with Gasteiger partial charge in [-0.15, -0.1) is 0 Å². The molecule has 4 rings (SSSR count). The minimum atomic E-state index is -0.730. The topological polar surface area (TPSA) is 55.2 Å². The summed E-state index contributed by atoms with van der Waals surface area (Å²) in [5, 5.41) is 4.13. The summed E-state index contributed by atoms with van der Waals surface area (Å²) in [5.41, 5.74) is 1.75. The molecule has 0 bridgehead atoms. The van der Waals surface area contributed by atoms with Crippen LogP contribution in [0.15, 0.2) is 59.6 Å². The summed E-state index contributed by atoms with van der Waals surface area (Å²) in [7, 11) is 0. The fourth-order valence-electron chi connectivity index (χ4n) is 3.03. The summed E-state index contributed by atoms with van der Waals surface area (Å²) >= 11 is 0.830. The first-order chi connectivity index (χ1) is 14.0. The zero-order valence-electron chi connectivity index (χ0n) is 15.3. The highest BCUT2D eigenvalue weighted by atomic mass is 32.2. The standard InChI is InChI=1S/C21H15F2N3O2S/c1-2-25-20(27)18(29-21(25)28)10-14-12-26(17-6-4-3-5-7-17)24-19(14)13-8-15(22)11-16(23)9-13/h3-12H,2H2,1H3/b18-10+. The van der Waals surface area contributed by atoms with Crippen LogP contribution in [0.2, 0.25) is 0 Å². The Kier molecular flexibility index (Phi) is 5.02. The predicted octanol–water partition coefficient (Wildman–Crippen LogP) is 4.87. The van der Waals surface area contributed by atoms with Crippen molar-refractivity contribution in [3.05, 3.63) is 76.8 Å². The van der Waals surface area contributed by atoms with E-state index in [1.54, 1.807) is 17.8 Å². The van der Waals surface area contributed by atoms with Crippen molar-refractivity contribution in [2.45, 2.75) is 6.92 Å². The molecule has 0 atom stereocenters. The third kappa shape index (κ3) is 3.71. The van der Waals surface area contributed by atoms with Crippen LogP contribution in [-0.2, 0) is 4.79 Å². The molecule has 0 N–H and O–H groups in total. The number of amides is 2. The average molecular weight is 411 g/mol. The lowest BCUT2D eigenvalue weighted by atomic mass is 10.1. The van der Waals surface area contributed by atoms with E-state index < -0.39 is 17.5 Å². The van der Waals surface area contributed by atoms with Gasteiger partial charge in [0.1, 0.15) is 17.3 Å². The van der Waals surface area contributed by atoms with Gasteiger partial charge in [-0.2, -0.15) is 5.10 Å². The maximum atomic E-state index is 13.8. The number of hydrogen-bond acceptors (Lipinski definition) is 4. The van der Waals surface area contributed by atoms with Crippen molar-refractivity contribution in [2.75, 3.05) is 6.54 Å². The fourth-order valence-corrected chi connectivity index (χ4v) is 3.93. The molecule has 5 nitrogen and oxygen atoms in total.